The SMILES string of the molecule is CC(C)(C=C(C#N)C(=O)N1CCCC(n2nc(-c3ccc(Oc4ccccc4)cc3F)c3c(N)ncnc32)C1)N1CC(O[Si](c2ccccc2)(c2ccccc2)C(C)(C)C)C1. The highest BCUT2D eigenvalue weighted by Crippen LogP contribution is 2.40. The first-order chi connectivity index (χ1) is 29.3. The average molecular weight is 835 g/mol. The minimum Gasteiger partial charge on any atom is -0.457 e. The molecule has 1 amide bonds. The van der Waals surface area contributed by atoms with Gasteiger partial charge >= 0.3 is 0 Å². The number of nitrogens with zero attached hydrogens (tertiary/aromatic N) is 7. The molecule has 13 heteroatoms. The van der Waals surface area contributed by atoms with Crippen molar-refractivity contribution in [2.45, 2.75) is 70.2 Å². The van der Waals surface area contributed by atoms with Gasteiger partial charge in [0.15, 0.2) is 5.65 Å². The molecule has 2 N–H and O–H groups in total. The van der Waals surface area contributed by atoms with Crippen molar-refractivity contribution in [1.82, 2.24) is 29.5 Å². The van der Waals surface area contributed by atoms with Gasteiger partial charge in [-0.05, 0) is 72.4 Å². The Morgan fingerprint density at radius 1 is 0.885 bits per heavy atom. The minimum absolute atomic E-state index is 0.0243. The van der Waals surface area contributed by atoms with E-state index in [1.807, 2.05) is 44.2 Å². The maximum atomic E-state index is 15.8. The van der Waals surface area contributed by atoms with E-state index in [-0.39, 0.29) is 46.6 Å². The normalized spacial score (nSPS) is 16.9. The number of aromatic nitrogens is 4. The number of carbonyl (C=O) groups is 1. The molecule has 1 atom stereocenters. The number of fused-ring (bicyclic) bond motifs is 1. The quantitative estimate of drug-likeness (QED) is 0.0793. The molecule has 2 aromatic heterocycles. The van der Waals surface area contributed by atoms with Crippen LogP contribution in [0.2, 0.25) is 5.04 Å². The van der Waals surface area contributed by atoms with Crippen LogP contribution in [-0.2, 0) is 9.22 Å². The monoisotopic (exact) mass is 834 g/mol. The van der Waals surface area contributed by atoms with Gasteiger partial charge in [0.25, 0.3) is 14.2 Å². The predicted molar refractivity (Wildman–Crippen MR) is 238 cm³/mol. The Kier molecular flexibility index (Phi) is 11.4. The van der Waals surface area contributed by atoms with Gasteiger partial charge < -0.3 is 19.8 Å². The number of carbonyl (C=O) groups excluding carboxylic acids is 1. The van der Waals surface area contributed by atoms with Crippen LogP contribution in [0.3, 0.4) is 0 Å². The van der Waals surface area contributed by atoms with Crippen molar-refractivity contribution in [2.24, 2.45) is 0 Å². The lowest BCUT2D eigenvalue weighted by Crippen LogP contribution is -2.72. The van der Waals surface area contributed by atoms with E-state index in [1.54, 1.807) is 39.9 Å². The molecule has 1 unspecified atom stereocenters. The summed E-state index contributed by atoms with van der Waals surface area (Å²) in [6.45, 7) is 13.0. The second kappa shape index (κ2) is 16.7. The topological polar surface area (TPSA) is 135 Å². The van der Waals surface area contributed by atoms with Crippen LogP contribution in [-0.4, -0.2) is 81.6 Å². The Morgan fingerprint density at radius 2 is 1.52 bits per heavy atom. The van der Waals surface area contributed by atoms with E-state index in [1.165, 1.54) is 22.8 Å². The standard InChI is InChI=1S/C48H51FN8O3Si/c1-47(2,3)61(38-19-11-7-12-20-38,39-21-13-8-14-22-39)60-37-30-56(31-37)48(4,5)27-33(28-50)46(58)55-25-15-16-34(29-55)57-45-42(44(51)52-32-53-45)43(54-57)40-24-23-36(26-41(40)49)59-35-17-9-6-10-18-35/h6-14,17-24,26-27,32,34,37H,15-16,25,29-31H2,1-5H3,(H2,51,52,53). The summed E-state index contributed by atoms with van der Waals surface area (Å²) >= 11 is 0. The van der Waals surface area contributed by atoms with Gasteiger partial charge in [-0.25, -0.2) is 19.0 Å². The molecule has 0 spiro atoms. The highest BCUT2D eigenvalue weighted by molar-refractivity contribution is 6.99. The van der Waals surface area contributed by atoms with Crippen molar-refractivity contribution < 1.29 is 18.3 Å². The Morgan fingerprint density at radius 3 is 2.13 bits per heavy atom. The lowest BCUT2D eigenvalue weighted by molar-refractivity contribution is -0.128. The van der Waals surface area contributed by atoms with Crippen molar-refractivity contribution in [3.63, 3.8) is 0 Å². The van der Waals surface area contributed by atoms with E-state index in [0.717, 1.165) is 0 Å². The van der Waals surface area contributed by atoms with Crippen molar-refractivity contribution in [3.05, 3.63) is 133 Å². The summed E-state index contributed by atoms with van der Waals surface area (Å²) < 4.78 is 30.8. The number of hydrogen-bond acceptors (Lipinski definition) is 9. The first-order valence-corrected chi connectivity index (χ1v) is 22.7. The summed E-state index contributed by atoms with van der Waals surface area (Å²) in [6, 6.07) is 36.9. The van der Waals surface area contributed by atoms with E-state index in [9.17, 15) is 10.1 Å². The third-order valence-electron chi connectivity index (χ3n) is 12.0. The molecule has 2 fully saturated rings. The number of halogens is 1. The van der Waals surface area contributed by atoms with Crippen molar-refractivity contribution in [2.75, 3.05) is 31.9 Å². The van der Waals surface area contributed by atoms with Crippen LogP contribution < -0.4 is 20.8 Å². The summed E-state index contributed by atoms with van der Waals surface area (Å²) in [4.78, 5) is 26.9. The lowest BCUT2D eigenvalue weighted by Gasteiger charge is -2.53. The smallest absolute Gasteiger partial charge is 0.264 e. The van der Waals surface area contributed by atoms with Crippen LogP contribution >= 0.6 is 0 Å². The fraction of sp³-hybridized carbons (Fsp3) is 0.312. The highest BCUT2D eigenvalue weighted by Gasteiger charge is 2.53. The van der Waals surface area contributed by atoms with Crippen LogP contribution in [0.1, 0.15) is 53.5 Å². The number of ether oxygens (including phenoxy) is 1. The van der Waals surface area contributed by atoms with Crippen LogP contribution in [0.25, 0.3) is 22.3 Å². The van der Waals surface area contributed by atoms with Crippen LogP contribution in [0.4, 0.5) is 10.2 Å². The zero-order chi connectivity index (χ0) is 42.9. The molecule has 2 aliphatic rings. The Balaban J connectivity index is 0.997. The van der Waals surface area contributed by atoms with E-state index in [4.69, 9.17) is 20.0 Å². The second-order valence-electron chi connectivity index (χ2n) is 17.5. The zero-order valence-electron chi connectivity index (χ0n) is 35.3. The Bertz CT molecular complexity index is 2560. The molecular weight excluding hydrogens is 784 g/mol. The Labute approximate surface area is 357 Å². The summed E-state index contributed by atoms with van der Waals surface area (Å²) in [6.07, 6.45) is 4.48. The molecular formula is C48H51FN8O3Si. The van der Waals surface area contributed by atoms with Crippen molar-refractivity contribution >= 4 is 41.4 Å². The molecule has 61 heavy (non-hydrogen) atoms. The number of likely N-dealkylation sites (tertiary alicyclic amines) is 2. The van der Waals surface area contributed by atoms with Crippen LogP contribution in [0.15, 0.2) is 127 Å². The predicted octanol–water partition coefficient (Wildman–Crippen LogP) is 7.66. The molecule has 4 aromatic carbocycles. The highest BCUT2D eigenvalue weighted by atomic mass is 28.4. The summed E-state index contributed by atoms with van der Waals surface area (Å²) in [5.74, 6) is 0.206. The average Bonchev–Trinajstić information content (AvgIpc) is 3.63. The number of para-hydroxylation sites is 1. The molecule has 0 bridgehead atoms. The van der Waals surface area contributed by atoms with Gasteiger partial charge in [0.05, 0.1) is 17.5 Å². The molecule has 11 nitrogen and oxygen atoms in total. The van der Waals surface area contributed by atoms with Gasteiger partial charge in [-0.3, -0.25) is 9.69 Å². The van der Waals surface area contributed by atoms with Crippen LogP contribution in [0, 0.1) is 17.1 Å². The number of nitrogens with two attached hydrogens (primary N) is 1. The first-order valence-electron chi connectivity index (χ1n) is 20.8. The number of benzene rings is 4. The third-order valence-corrected chi connectivity index (χ3v) is 17.1. The fourth-order valence-electron chi connectivity index (χ4n) is 8.83. The van der Waals surface area contributed by atoms with E-state index < -0.39 is 19.7 Å². The largest absolute Gasteiger partial charge is 0.457 e. The minimum atomic E-state index is -2.74. The summed E-state index contributed by atoms with van der Waals surface area (Å²) in [7, 11) is -2.74. The van der Waals surface area contributed by atoms with E-state index in [0.29, 0.717) is 60.7 Å². The maximum Gasteiger partial charge on any atom is 0.264 e. The van der Waals surface area contributed by atoms with Crippen molar-refractivity contribution in [1.29, 1.82) is 5.26 Å². The number of nitriles is 1. The Hall–Kier alpha value is -6.20. The number of hydrogen-bond donors (Lipinski definition) is 1. The number of rotatable bonds is 11. The maximum absolute atomic E-state index is 15.8. The van der Waals surface area contributed by atoms with Crippen molar-refractivity contribution in [3.8, 4) is 28.8 Å². The molecule has 6 aromatic rings. The van der Waals surface area contributed by atoms with E-state index >= 15 is 4.39 Å². The molecule has 0 aliphatic carbocycles. The lowest BCUT2D eigenvalue weighted by atomic mass is 9.93. The van der Waals surface area contributed by atoms with Gasteiger partial charge in [0, 0.05) is 43.3 Å². The molecule has 0 saturated carbocycles. The molecule has 8 rings (SSSR count). The van der Waals surface area contributed by atoms with Gasteiger partial charge in [-0.2, -0.15) is 10.4 Å². The first kappa shape index (κ1) is 41.5. The fourth-order valence-corrected chi connectivity index (χ4v) is 13.5. The molecule has 2 saturated heterocycles. The molecule has 4 heterocycles. The zero-order valence-corrected chi connectivity index (χ0v) is 36.3. The number of anilines is 1. The van der Waals surface area contributed by atoms with Gasteiger partial charge in [-0.15, -0.1) is 0 Å². The van der Waals surface area contributed by atoms with Gasteiger partial charge in [0.2, 0.25) is 0 Å². The summed E-state index contributed by atoms with van der Waals surface area (Å²) in [5, 5.41) is 18.0. The molecule has 312 valence electrons. The number of amides is 1. The summed E-state index contributed by atoms with van der Waals surface area (Å²) in [5.41, 5.74) is 6.83. The molecule has 2 aliphatic heterocycles. The number of nitrogen functional groups attached to an aromatic ring is 1. The number of piperidine rings is 1. The van der Waals surface area contributed by atoms with Crippen LogP contribution in [0.5, 0.6) is 11.5 Å². The molecule has 0 radical (unpaired) electrons. The second-order valence-corrected chi connectivity index (χ2v) is 21.7. The van der Waals surface area contributed by atoms with Gasteiger partial charge in [0.1, 0.15) is 46.8 Å². The third kappa shape index (κ3) is 8.06. The van der Waals surface area contributed by atoms with E-state index in [2.05, 4.69) is 90.2 Å². The van der Waals surface area contributed by atoms with Gasteiger partial charge in [-0.1, -0.05) is 99.6 Å².